The number of hydrogen-bond donors (Lipinski definition) is 9. The van der Waals surface area contributed by atoms with E-state index in [2.05, 4.69) is 55.8 Å². The van der Waals surface area contributed by atoms with Crippen LogP contribution >= 0.6 is 0 Å². The van der Waals surface area contributed by atoms with Crippen molar-refractivity contribution in [3.63, 3.8) is 0 Å². The Hall–Kier alpha value is -5.32. The van der Waals surface area contributed by atoms with Crippen LogP contribution in [-0.2, 0) is 44.9 Å². The zero-order valence-corrected chi connectivity index (χ0v) is 21.7. The fourth-order valence-electron chi connectivity index (χ4n) is 4.02. The van der Waals surface area contributed by atoms with E-state index in [1.807, 2.05) is 0 Å². The van der Waals surface area contributed by atoms with Crippen LogP contribution in [0.1, 0.15) is 22.8 Å². The molecule has 0 radical (unpaired) electrons. The minimum absolute atomic E-state index is 0.0182. The third kappa shape index (κ3) is 8.33. The molecule has 0 aliphatic heterocycles. The van der Waals surface area contributed by atoms with Gasteiger partial charge < -0.3 is 46.7 Å². The SMILES string of the molecule is N[C@@H](Cc1cnc[nH]1)C(=O)N[C@@H](Cc1cnc[nH]1)C(=O)N[C@@H](Cc1cnc[nH]1)C(=O)N[C@@H](Cc1cnc[nH]1)C(=O)O. The van der Waals surface area contributed by atoms with E-state index in [-0.39, 0.29) is 25.7 Å². The van der Waals surface area contributed by atoms with Crippen LogP contribution in [0.25, 0.3) is 0 Å². The van der Waals surface area contributed by atoms with Gasteiger partial charge in [0.05, 0.1) is 31.4 Å². The lowest BCUT2D eigenvalue weighted by Gasteiger charge is -2.25. The fraction of sp³-hybridized carbons (Fsp3) is 0.333. The van der Waals surface area contributed by atoms with Crippen LogP contribution in [0.4, 0.5) is 0 Å². The molecule has 4 rings (SSSR count). The van der Waals surface area contributed by atoms with Gasteiger partial charge >= 0.3 is 5.97 Å². The molecule has 4 aromatic heterocycles. The van der Waals surface area contributed by atoms with Gasteiger partial charge in [-0.3, -0.25) is 14.4 Å². The summed E-state index contributed by atoms with van der Waals surface area (Å²) in [5.41, 5.74) is 8.26. The zero-order chi connectivity index (χ0) is 29.2. The number of carbonyl (C=O) groups is 4. The van der Waals surface area contributed by atoms with Gasteiger partial charge in [0.1, 0.15) is 18.1 Å². The topological polar surface area (TPSA) is 265 Å². The number of carboxylic acid groups (broad SMARTS) is 1. The highest BCUT2D eigenvalue weighted by Gasteiger charge is 2.31. The van der Waals surface area contributed by atoms with Crippen LogP contribution in [0, 0.1) is 0 Å². The molecular weight excluding hydrogens is 536 g/mol. The molecule has 0 bridgehead atoms. The number of amides is 3. The van der Waals surface area contributed by atoms with Crippen LogP contribution in [0.5, 0.6) is 0 Å². The third-order valence-electron chi connectivity index (χ3n) is 6.15. The van der Waals surface area contributed by atoms with Crippen LogP contribution < -0.4 is 21.7 Å². The van der Waals surface area contributed by atoms with Crippen LogP contribution in [0.2, 0.25) is 0 Å². The van der Waals surface area contributed by atoms with E-state index in [0.717, 1.165) is 0 Å². The minimum Gasteiger partial charge on any atom is -0.480 e. The Kier molecular flexibility index (Phi) is 9.55. The van der Waals surface area contributed by atoms with E-state index >= 15 is 0 Å². The number of aliphatic carboxylic acids is 1. The molecule has 4 aromatic rings. The summed E-state index contributed by atoms with van der Waals surface area (Å²) in [6.45, 7) is 0. The van der Waals surface area contributed by atoms with E-state index in [1.165, 1.54) is 50.1 Å². The van der Waals surface area contributed by atoms with Crippen molar-refractivity contribution < 1.29 is 24.3 Å². The fourth-order valence-corrected chi connectivity index (χ4v) is 4.02. The molecule has 41 heavy (non-hydrogen) atoms. The summed E-state index contributed by atoms with van der Waals surface area (Å²) in [7, 11) is 0. The van der Waals surface area contributed by atoms with Crippen molar-refractivity contribution in [3.05, 3.63) is 72.9 Å². The van der Waals surface area contributed by atoms with Gasteiger partial charge in [0.15, 0.2) is 0 Å². The number of aromatic amines is 4. The Bertz CT molecular complexity index is 1390. The van der Waals surface area contributed by atoms with Gasteiger partial charge in [0, 0.05) is 73.2 Å². The normalized spacial score (nSPS) is 14.0. The van der Waals surface area contributed by atoms with E-state index in [9.17, 15) is 24.3 Å². The number of nitrogens with one attached hydrogen (secondary N) is 7. The van der Waals surface area contributed by atoms with Gasteiger partial charge in [-0.25, -0.2) is 24.7 Å². The summed E-state index contributed by atoms with van der Waals surface area (Å²) in [5, 5.41) is 17.4. The lowest BCUT2D eigenvalue weighted by molar-refractivity contribution is -0.142. The largest absolute Gasteiger partial charge is 0.480 e. The molecule has 17 nitrogen and oxygen atoms in total. The Labute approximate surface area is 232 Å². The maximum absolute atomic E-state index is 13.5. The highest BCUT2D eigenvalue weighted by atomic mass is 16.4. The maximum atomic E-state index is 13.5. The number of nitrogens with two attached hydrogens (primary N) is 1. The Balaban J connectivity index is 1.49. The van der Waals surface area contributed by atoms with Gasteiger partial charge in [-0.05, 0) is 0 Å². The number of rotatable bonds is 15. The lowest BCUT2D eigenvalue weighted by atomic mass is 10.1. The van der Waals surface area contributed by atoms with E-state index in [4.69, 9.17) is 5.73 Å². The highest BCUT2D eigenvalue weighted by molar-refractivity contribution is 5.94. The van der Waals surface area contributed by atoms with Crippen molar-refractivity contribution in [2.24, 2.45) is 5.73 Å². The quantitative estimate of drug-likeness (QED) is 0.0743. The monoisotopic (exact) mass is 566 g/mol. The van der Waals surface area contributed by atoms with Gasteiger partial charge in [0.25, 0.3) is 0 Å². The molecule has 10 N–H and O–H groups in total. The maximum Gasteiger partial charge on any atom is 0.326 e. The van der Waals surface area contributed by atoms with Crippen molar-refractivity contribution in [3.8, 4) is 0 Å². The Morgan fingerprint density at radius 2 is 0.951 bits per heavy atom. The molecule has 0 spiro atoms. The van der Waals surface area contributed by atoms with Gasteiger partial charge in [-0.2, -0.15) is 0 Å². The van der Waals surface area contributed by atoms with Crippen LogP contribution in [0.15, 0.2) is 50.1 Å². The molecule has 0 aliphatic carbocycles. The van der Waals surface area contributed by atoms with Gasteiger partial charge in [-0.1, -0.05) is 0 Å². The van der Waals surface area contributed by atoms with E-state index in [0.29, 0.717) is 22.8 Å². The Morgan fingerprint density at radius 1 is 0.610 bits per heavy atom. The van der Waals surface area contributed by atoms with Gasteiger partial charge in [-0.15, -0.1) is 0 Å². The summed E-state index contributed by atoms with van der Waals surface area (Å²) >= 11 is 0. The zero-order valence-electron chi connectivity index (χ0n) is 21.7. The molecular formula is C24H30N12O5. The number of aromatic nitrogens is 8. The first-order valence-electron chi connectivity index (χ1n) is 12.6. The predicted octanol–water partition coefficient (Wildman–Crippen LogP) is -2.28. The first-order chi connectivity index (χ1) is 19.8. The second-order valence-electron chi connectivity index (χ2n) is 9.25. The number of hydrogen-bond acceptors (Lipinski definition) is 9. The first-order valence-corrected chi connectivity index (χ1v) is 12.6. The lowest BCUT2D eigenvalue weighted by Crippen LogP contribution is -2.58. The average molecular weight is 567 g/mol. The predicted molar refractivity (Wildman–Crippen MR) is 141 cm³/mol. The summed E-state index contributed by atoms with van der Waals surface area (Å²) < 4.78 is 0. The van der Waals surface area contributed by atoms with Crippen molar-refractivity contribution in [1.29, 1.82) is 0 Å². The average Bonchev–Trinajstić information content (AvgIpc) is 3.76. The summed E-state index contributed by atoms with van der Waals surface area (Å²) in [5.74, 6) is -3.31. The van der Waals surface area contributed by atoms with Crippen molar-refractivity contribution >= 4 is 23.7 Å². The molecule has 4 heterocycles. The second-order valence-corrected chi connectivity index (χ2v) is 9.25. The van der Waals surface area contributed by atoms with Crippen molar-refractivity contribution in [2.75, 3.05) is 0 Å². The van der Waals surface area contributed by atoms with Crippen LogP contribution in [0.3, 0.4) is 0 Å². The number of carboxylic acids is 1. The molecule has 0 saturated heterocycles. The molecule has 17 heteroatoms. The highest BCUT2D eigenvalue weighted by Crippen LogP contribution is 2.06. The van der Waals surface area contributed by atoms with Crippen LogP contribution in [-0.4, -0.2) is 92.8 Å². The molecule has 3 amide bonds. The molecule has 4 atom stereocenters. The summed E-state index contributed by atoms with van der Waals surface area (Å²) in [6.07, 6.45) is 11.7. The number of nitrogens with zero attached hydrogens (tertiary/aromatic N) is 4. The van der Waals surface area contributed by atoms with Gasteiger partial charge in [0.2, 0.25) is 17.7 Å². The van der Waals surface area contributed by atoms with Crippen molar-refractivity contribution in [1.82, 2.24) is 55.8 Å². The molecule has 0 unspecified atom stereocenters. The summed E-state index contributed by atoms with van der Waals surface area (Å²) in [6, 6.07) is -4.65. The number of imidazole rings is 4. The van der Waals surface area contributed by atoms with E-state index < -0.39 is 47.9 Å². The smallest absolute Gasteiger partial charge is 0.326 e. The Morgan fingerprint density at radius 3 is 1.32 bits per heavy atom. The molecule has 216 valence electrons. The second kappa shape index (κ2) is 13.7. The van der Waals surface area contributed by atoms with Crippen molar-refractivity contribution in [2.45, 2.75) is 49.9 Å². The molecule has 0 aromatic carbocycles. The number of carbonyl (C=O) groups excluding carboxylic acids is 3. The summed E-state index contributed by atoms with van der Waals surface area (Å²) in [4.78, 5) is 78.7. The minimum atomic E-state index is -1.30. The standard InChI is InChI=1S/C24H30N12O5/c25-17(1-13-5-26-9-30-13)21(37)34-18(2-14-6-27-10-31-14)22(38)35-19(3-15-7-28-11-32-15)23(39)36-20(24(40)41)4-16-8-29-12-33-16/h5-12,17-20H,1-4,25H2,(H,26,30)(H,27,31)(H,28,32)(H,29,33)(H,34,37)(H,35,38)(H,36,39)(H,40,41)/t17-,18-,19-,20-/m0/s1. The molecule has 0 fully saturated rings. The third-order valence-corrected chi connectivity index (χ3v) is 6.15. The first kappa shape index (κ1) is 28.7. The molecule has 0 aliphatic rings. The van der Waals surface area contributed by atoms with E-state index in [1.54, 1.807) is 0 Å². The molecule has 0 saturated carbocycles. The number of H-pyrrole nitrogens is 4.